The third-order valence-corrected chi connectivity index (χ3v) is 4.95. The average molecular weight is 410 g/mol. The number of rotatable bonds is 8. The van der Waals surface area contributed by atoms with E-state index in [0.29, 0.717) is 31.0 Å². The first-order valence-electron chi connectivity index (χ1n) is 9.34. The Bertz CT molecular complexity index is 1040. The van der Waals surface area contributed by atoms with Crippen LogP contribution in [0.2, 0.25) is 5.02 Å². The Morgan fingerprint density at radius 2 is 2.00 bits per heavy atom. The first-order chi connectivity index (χ1) is 14.2. The van der Waals surface area contributed by atoms with Crippen molar-refractivity contribution in [2.24, 2.45) is 0 Å². The highest BCUT2D eigenvalue weighted by molar-refractivity contribution is 6.30. The van der Waals surface area contributed by atoms with Gasteiger partial charge in [-0.25, -0.2) is 9.67 Å². The summed E-state index contributed by atoms with van der Waals surface area (Å²) < 4.78 is 1.63. The minimum atomic E-state index is -0.0676. The van der Waals surface area contributed by atoms with Crippen LogP contribution in [0, 0.1) is 0 Å². The molecule has 0 saturated heterocycles. The maximum Gasteiger partial charge on any atom is 0.220 e. The monoisotopic (exact) mass is 409 g/mol. The van der Waals surface area contributed by atoms with Crippen molar-refractivity contribution in [1.82, 2.24) is 35.5 Å². The lowest BCUT2D eigenvalue weighted by molar-refractivity contribution is -0.121. The summed E-state index contributed by atoms with van der Waals surface area (Å²) in [7, 11) is 0. The molecule has 2 N–H and O–H groups in total. The quantitative estimate of drug-likeness (QED) is 0.466. The van der Waals surface area contributed by atoms with Crippen molar-refractivity contribution in [3.63, 3.8) is 0 Å². The van der Waals surface area contributed by atoms with Crippen molar-refractivity contribution in [2.75, 3.05) is 6.54 Å². The molecule has 0 radical (unpaired) electrons. The number of H-pyrrole nitrogens is 1. The second-order valence-electron chi connectivity index (χ2n) is 6.79. The normalized spacial score (nSPS) is 12.2. The van der Waals surface area contributed by atoms with Gasteiger partial charge in [-0.05, 0) is 40.3 Å². The topological polar surface area (TPSA) is 101 Å². The Hall–Kier alpha value is -3.26. The van der Waals surface area contributed by atoms with Crippen molar-refractivity contribution in [3.8, 4) is 0 Å². The second kappa shape index (κ2) is 8.83. The maximum atomic E-state index is 12.6. The predicted octanol–water partition coefficient (Wildman–Crippen LogP) is 2.74. The van der Waals surface area contributed by atoms with Crippen molar-refractivity contribution < 1.29 is 4.79 Å². The molecule has 2 aromatic carbocycles. The van der Waals surface area contributed by atoms with E-state index < -0.39 is 0 Å². The molecule has 8 nitrogen and oxygen atoms in total. The lowest BCUT2D eigenvalue weighted by Gasteiger charge is -2.17. The van der Waals surface area contributed by atoms with Gasteiger partial charge < -0.3 is 10.3 Å². The Morgan fingerprint density at radius 1 is 1.17 bits per heavy atom. The molecule has 0 aliphatic heterocycles. The number of tetrazole rings is 1. The van der Waals surface area contributed by atoms with Gasteiger partial charge in [0.2, 0.25) is 5.91 Å². The molecule has 0 saturated carbocycles. The number of imidazole rings is 1. The zero-order chi connectivity index (χ0) is 20.1. The highest BCUT2D eigenvalue weighted by Gasteiger charge is 2.18. The Balaban J connectivity index is 1.36. The van der Waals surface area contributed by atoms with Crippen LogP contribution in [0.3, 0.4) is 0 Å². The third-order valence-electron chi connectivity index (χ3n) is 4.69. The molecule has 4 aromatic rings. The number of para-hydroxylation sites is 2. The molecule has 0 fully saturated rings. The lowest BCUT2D eigenvalue weighted by atomic mass is 9.95. The van der Waals surface area contributed by atoms with Crippen LogP contribution in [0.4, 0.5) is 0 Å². The number of nitrogens with zero attached hydrogens (tertiary/aromatic N) is 5. The summed E-state index contributed by atoms with van der Waals surface area (Å²) in [5.74, 6) is 0.755. The second-order valence-corrected chi connectivity index (χ2v) is 7.22. The van der Waals surface area contributed by atoms with Crippen LogP contribution in [0.15, 0.2) is 54.9 Å². The van der Waals surface area contributed by atoms with Gasteiger partial charge in [-0.3, -0.25) is 4.79 Å². The molecule has 1 amide bonds. The third kappa shape index (κ3) is 4.97. The van der Waals surface area contributed by atoms with Gasteiger partial charge in [-0.2, -0.15) is 0 Å². The number of benzene rings is 2. The van der Waals surface area contributed by atoms with E-state index in [1.54, 1.807) is 11.0 Å². The first kappa shape index (κ1) is 19.1. The number of nitrogens with one attached hydrogen (secondary N) is 2. The fourth-order valence-electron chi connectivity index (χ4n) is 3.25. The van der Waals surface area contributed by atoms with Crippen molar-refractivity contribution >= 4 is 28.5 Å². The fraction of sp³-hybridized carbons (Fsp3) is 0.250. The van der Waals surface area contributed by atoms with Gasteiger partial charge >= 0.3 is 0 Å². The number of aromatic amines is 1. The molecule has 4 rings (SSSR count). The summed E-state index contributed by atoms with van der Waals surface area (Å²) in [5.41, 5.74) is 2.94. The summed E-state index contributed by atoms with van der Waals surface area (Å²) in [6, 6.07) is 15.4. The number of hydrogen-bond donors (Lipinski definition) is 2. The fourth-order valence-corrected chi connectivity index (χ4v) is 3.38. The van der Waals surface area contributed by atoms with Gasteiger partial charge in [-0.15, -0.1) is 5.10 Å². The van der Waals surface area contributed by atoms with E-state index in [1.165, 1.54) is 0 Å². The van der Waals surface area contributed by atoms with E-state index in [4.69, 9.17) is 11.6 Å². The molecule has 0 bridgehead atoms. The molecule has 1 atom stereocenters. The number of hydrogen-bond acceptors (Lipinski definition) is 5. The summed E-state index contributed by atoms with van der Waals surface area (Å²) in [6.45, 7) is 1.02. The van der Waals surface area contributed by atoms with Gasteiger partial charge in [0.05, 0.1) is 17.6 Å². The van der Waals surface area contributed by atoms with E-state index in [9.17, 15) is 4.79 Å². The minimum absolute atomic E-state index is 0.0332. The molecule has 2 heterocycles. The molecular formula is C20H20ClN7O. The van der Waals surface area contributed by atoms with Crippen molar-refractivity contribution in [1.29, 1.82) is 0 Å². The average Bonchev–Trinajstić information content (AvgIpc) is 3.37. The highest BCUT2D eigenvalue weighted by Crippen LogP contribution is 2.23. The summed E-state index contributed by atoms with van der Waals surface area (Å²) in [5, 5.41) is 14.9. The van der Waals surface area contributed by atoms with Crippen LogP contribution in [0.5, 0.6) is 0 Å². The smallest absolute Gasteiger partial charge is 0.220 e. The van der Waals surface area contributed by atoms with Crippen LogP contribution in [-0.4, -0.2) is 42.6 Å². The number of amides is 1. The molecule has 29 heavy (non-hydrogen) atoms. The molecular weight excluding hydrogens is 390 g/mol. The Morgan fingerprint density at radius 3 is 2.76 bits per heavy atom. The molecule has 0 aliphatic rings. The number of halogens is 1. The summed E-state index contributed by atoms with van der Waals surface area (Å²) in [4.78, 5) is 20.4. The Labute approximate surface area is 172 Å². The van der Waals surface area contributed by atoms with Gasteiger partial charge in [0.25, 0.3) is 0 Å². The minimum Gasteiger partial charge on any atom is -0.356 e. The predicted molar refractivity (Wildman–Crippen MR) is 109 cm³/mol. The van der Waals surface area contributed by atoms with Crippen LogP contribution < -0.4 is 5.32 Å². The first-order valence-corrected chi connectivity index (χ1v) is 9.72. The van der Waals surface area contributed by atoms with Gasteiger partial charge in [0.15, 0.2) is 0 Å². The molecule has 0 spiro atoms. The Kier molecular flexibility index (Phi) is 5.81. The van der Waals surface area contributed by atoms with Crippen LogP contribution in [0.1, 0.15) is 23.7 Å². The van der Waals surface area contributed by atoms with Crippen LogP contribution >= 0.6 is 11.6 Å². The van der Waals surface area contributed by atoms with E-state index in [1.807, 2.05) is 48.5 Å². The number of aromatic nitrogens is 6. The number of fused-ring (bicyclic) bond motifs is 1. The van der Waals surface area contributed by atoms with Crippen molar-refractivity contribution in [2.45, 2.75) is 25.3 Å². The molecule has 0 aliphatic carbocycles. The maximum absolute atomic E-state index is 12.6. The number of carbonyl (C=O) groups excluding carboxylic acids is 1. The van der Waals surface area contributed by atoms with Gasteiger partial charge in [0, 0.05) is 30.3 Å². The SMILES string of the molecule is O=C(CC(Cn1cnnn1)c1ccc(Cl)cc1)NCCc1nc2ccccc2[nH]1. The zero-order valence-corrected chi connectivity index (χ0v) is 16.4. The van der Waals surface area contributed by atoms with Gasteiger partial charge in [0.1, 0.15) is 12.2 Å². The molecule has 148 valence electrons. The van der Waals surface area contributed by atoms with Gasteiger partial charge in [-0.1, -0.05) is 35.9 Å². The number of carbonyl (C=O) groups is 1. The summed E-state index contributed by atoms with van der Waals surface area (Å²) in [6.07, 6.45) is 2.50. The van der Waals surface area contributed by atoms with E-state index >= 15 is 0 Å². The van der Waals surface area contributed by atoms with Crippen LogP contribution in [0.25, 0.3) is 11.0 Å². The highest BCUT2D eigenvalue weighted by atomic mass is 35.5. The van der Waals surface area contributed by atoms with E-state index in [-0.39, 0.29) is 11.8 Å². The van der Waals surface area contributed by atoms with E-state index in [0.717, 1.165) is 22.4 Å². The van der Waals surface area contributed by atoms with Crippen molar-refractivity contribution in [3.05, 3.63) is 71.3 Å². The molecule has 1 unspecified atom stereocenters. The standard InChI is InChI=1S/C20H20ClN7O/c21-16-7-5-14(6-8-16)15(12-28-13-23-26-27-28)11-20(29)22-10-9-19-24-17-3-1-2-4-18(17)25-19/h1-8,13,15H,9-12H2,(H,22,29)(H,24,25). The lowest BCUT2D eigenvalue weighted by Crippen LogP contribution is -2.28. The molecule has 9 heteroatoms. The largest absolute Gasteiger partial charge is 0.356 e. The van der Waals surface area contributed by atoms with E-state index in [2.05, 4.69) is 30.8 Å². The summed E-state index contributed by atoms with van der Waals surface area (Å²) >= 11 is 6.00. The van der Waals surface area contributed by atoms with Crippen LogP contribution in [-0.2, 0) is 17.8 Å². The molecule has 2 aromatic heterocycles. The zero-order valence-electron chi connectivity index (χ0n) is 15.6.